The lowest BCUT2D eigenvalue weighted by atomic mass is 10.2. The molecule has 0 radical (unpaired) electrons. The van der Waals surface area contributed by atoms with Crippen molar-refractivity contribution < 1.29 is 4.79 Å². The molecule has 5 heteroatoms. The van der Waals surface area contributed by atoms with Crippen molar-refractivity contribution in [1.29, 1.82) is 0 Å². The highest BCUT2D eigenvalue weighted by Gasteiger charge is 2.27. The number of thiocarbonyl (C=S) groups is 1. The number of hydrogen-bond acceptors (Lipinski definition) is 2. The Bertz CT molecular complexity index is 714. The van der Waals surface area contributed by atoms with Crippen molar-refractivity contribution in [2.45, 2.75) is 12.8 Å². The van der Waals surface area contributed by atoms with Gasteiger partial charge in [0.25, 0.3) is 5.91 Å². The van der Waals surface area contributed by atoms with Crippen molar-refractivity contribution in [3.63, 3.8) is 0 Å². The van der Waals surface area contributed by atoms with Crippen LogP contribution in [-0.2, 0) is 0 Å². The molecule has 3 rings (SSSR count). The van der Waals surface area contributed by atoms with Crippen LogP contribution in [0.5, 0.6) is 0 Å². The number of rotatable bonds is 2. The van der Waals surface area contributed by atoms with E-state index in [4.69, 9.17) is 23.8 Å². The van der Waals surface area contributed by atoms with E-state index < -0.39 is 0 Å². The Morgan fingerprint density at radius 3 is 2.39 bits per heavy atom. The first-order valence-corrected chi connectivity index (χ1v) is 8.39. The van der Waals surface area contributed by atoms with Gasteiger partial charge in [-0.2, -0.15) is 0 Å². The van der Waals surface area contributed by atoms with Gasteiger partial charge in [-0.3, -0.25) is 9.69 Å². The van der Waals surface area contributed by atoms with Crippen molar-refractivity contribution in [2.75, 3.05) is 18.0 Å². The summed E-state index contributed by atoms with van der Waals surface area (Å²) in [6.45, 7) is 1.79. The van der Waals surface area contributed by atoms with Crippen LogP contribution in [0.15, 0.2) is 54.6 Å². The van der Waals surface area contributed by atoms with E-state index in [-0.39, 0.29) is 5.91 Å². The summed E-state index contributed by atoms with van der Waals surface area (Å²) in [5.74, 6) is -0.157. The van der Waals surface area contributed by atoms with Crippen molar-refractivity contribution >= 4 is 40.5 Å². The molecule has 1 aliphatic heterocycles. The van der Waals surface area contributed by atoms with Crippen molar-refractivity contribution in [1.82, 2.24) is 4.90 Å². The Morgan fingerprint density at radius 1 is 1.04 bits per heavy atom. The molecule has 0 unspecified atom stereocenters. The van der Waals surface area contributed by atoms with E-state index in [1.165, 1.54) is 0 Å². The topological polar surface area (TPSA) is 23.6 Å². The minimum Gasteiger partial charge on any atom is -0.348 e. The predicted octanol–water partition coefficient (Wildman–Crippen LogP) is 4.37. The lowest BCUT2D eigenvalue weighted by Gasteiger charge is -2.29. The number of anilines is 1. The van der Waals surface area contributed by atoms with Crippen LogP contribution in [-0.4, -0.2) is 29.0 Å². The van der Waals surface area contributed by atoms with Crippen molar-refractivity contribution in [3.05, 3.63) is 65.2 Å². The predicted molar refractivity (Wildman–Crippen MR) is 98.1 cm³/mol. The molecule has 0 saturated carbocycles. The summed E-state index contributed by atoms with van der Waals surface area (Å²) in [5.41, 5.74) is 1.30. The standard InChI is InChI=1S/C18H17ClN2OS/c19-15-8-6-7-14(13-15)17(22)21(16-9-2-1-3-10-16)18(23)20-11-4-5-12-20/h1-3,6-10,13H,4-5,11-12H2. The second kappa shape index (κ2) is 7.11. The molecule has 0 aliphatic carbocycles. The molecule has 1 aliphatic rings. The second-order valence-electron chi connectivity index (χ2n) is 5.46. The van der Waals surface area contributed by atoms with Crippen LogP contribution >= 0.6 is 23.8 Å². The van der Waals surface area contributed by atoms with Crippen LogP contribution in [0.25, 0.3) is 0 Å². The summed E-state index contributed by atoms with van der Waals surface area (Å²) in [6, 6.07) is 16.5. The van der Waals surface area contributed by atoms with Gasteiger partial charge in [0.15, 0.2) is 5.11 Å². The highest BCUT2D eigenvalue weighted by atomic mass is 35.5. The highest BCUT2D eigenvalue weighted by Crippen LogP contribution is 2.22. The van der Waals surface area contributed by atoms with Gasteiger partial charge in [-0.15, -0.1) is 0 Å². The number of nitrogens with zero attached hydrogens (tertiary/aromatic N) is 2. The molecule has 1 fully saturated rings. The Kier molecular flexibility index (Phi) is 4.94. The van der Waals surface area contributed by atoms with Gasteiger partial charge in [-0.1, -0.05) is 35.9 Å². The number of hydrogen-bond donors (Lipinski definition) is 0. The molecule has 1 saturated heterocycles. The minimum atomic E-state index is -0.157. The van der Waals surface area contributed by atoms with Gasteiger partial charge in [-0.25, -0.2) is 0 Å². The van der Waals surface area contributed by atoms with Crippen LogP contribution in [0, 0.1) is 0 Å². The van der Waals surface area contributed by atoms with Gasteiger partial charge in [0.05, 0.1) is 5.69 Å². The second-order valence-corrected chi connectivity index (χ2v) is 6.26. The van der Waals surface area contributed by atoms with Crippen LogP contribution < -0.4 is 4.90 Å². The summed E-state index contributed by atoms with van der Waals surface area (Å²) in [7, 11) is 0. The zero-order valence-corrected chi connectivity index (χ0v) is 14.2. The molecule has 0 atom stereocenters. The van der Waals surface area contributed by atoms with E-state index in [1.807, 2.05) is 30.3 Å². The molecular weight excluding hydrogens is 328 g/mol. The molecule has 1 heterocycles. The summed E-state index contributed by atoms with van der Waals surface area (Å²) in [5, 5.41) is 1.09. The maximum absolute atomic E-state index is 13.0. The van der Waals surface area contributed by atoms with Crippen LogP contribution in [0.3, 0.4) is 0 Å². The van der Waals surface area contributed by atoms with Crippen molar-refractivity contribution in [2.24, 2.45) is 0 Å². The average Bonchev–Trinajstić information content (AvgIpc) is 3.10. The Morgan fingerprint density at radius 2 is 1.74 bits per heavy atom. The van der Waals surface area contributed by atoms with Crippen molar-refractivity contribution in [3.8, 4) is 0 Å². The first kappa shape index (κ1) is 16.0. The zero-order valence-electron chi connectivity index (χ0n) is 12.6. The Labute approximate surface area is 146 Å². The molecule has 23 heavy (non-hydrogen) atoms. The zero-order chi connectivity index (χ0) is 16.2. The summed E-state index contributed by atoms with van der Waals surface area (Å²) in [6.07, 6.45) is 2.21. The van der Waals surface area contributed by atoms with Gasteiger partial charge < -0.3 is 4.90 Å². The third-order valence-electron chi connectivity index (χ3n) is 3.86. The molecular formula is C18H17ClN2OS. The molecule has 2 aromatic rings. The molecule has 0 spiro atoms. The van der Waals surface area contributed by atoms with E-state index in [0.29, 0.717) is 15.7 Å². The van der Waals surface area contributed by atoms with Crippen LogP contribution in [0.4, 0.5) is 5.69 Å². The number of para-hydroxylation sites is 1. The fourth-order valence-corrected chi connectivity index (χ4v) is 3.25. The van der Waals surface area contributed by atoms with E-state index in [9.17, 15) is 4.79 Å². The molecule has 0 N–H and O–H groups in total. The first-order valence-electron chi connectivity index (χ1n) is 7.61. The fraction of sp³-hybridized carbons (Fsp3) is 0.222. The number of benzene rings is 2. The summed E-state index contributed by atoms with van der Waals surface area (Å²) in [4.78, 5) is 16.7. The SMILES string of the molecule is O=C(c1cccc(Cl)c1)N(C(=S)N1CCCC1)c1ccccc1. The van der Waals surface area contributed by atoms with E-state index >= 15 is 0 Å². The van der Waals surface area contributed by atoms with Gasteiger partial charge >= 0.3 is 0 Å². The average molecular weight is 345 g/mol. The van der Waals surface area contributed by atoms with E-state index in [1.54, 1.807) is 29.2 Å². The smallest absolute Gasteiger partial charge is 0.264 e. The maximum Gasteiger partial charge on any atom is 0.264 e. The Hall–Kier alpha value is -1.91. The number of likely N-dealkylation sites (tertiary alicyclic amines) is 1. The van der Waals surface area contributed by atoms with Gasteiger partial charge in [-0.05, 0) is 55.4 Å². The maximum atomic E-state index is 13.0. The highest BCUT2D eigenvalue weighted by molar-refractivity contribution is 7.80. The summed E-state index contributed by atoms with van der Waals surface area (Å²) >= 11 is 11.7. The third-order valence-corrected chi connectivity index (χ3v) is 4.53. The van der Waals surface area contributed by atoms with E-state index in [2.05, 4.69) is 4.90 Å². The monoisotopic (exact) mass is 344 g/mol. The molecule has 1 amide bonds. The number of carbonyl (C=O) groups excluding carboxylic acids is 1. The van der Waals surface area contributed by atoms with Gasteiger partial charge in [0.2, 0.25) is 0 Å². The number of halogens is 1. The summed E-state index contributed by atoms with van der Waals surface area (Å²) < 4.78 is 0. The largest absolute Gasteiger partial charge is 0.348 e. The van der Waals surface area contributed by atoms with Crippen LogP contribution in [0.1, 0.15) is 23.2 Å². The molecule has 0 bridgehead atoms. The molecule has 0 aromatic heterocycles. The quantitative estimate of drug-likeness (QED) is 0.756. The third kappa shape index (κ3) is 3.54. The minimum absolute atomic E-state index is 0.157. The lowest BCUT2D eigenvalue weighted by molar-refractivity contribution is 0.1000. The van der Waals surface area contributed by atoms with Crippen LogP contribution in [0.2, 0.25) is 5.02 Å². The number of amides is 1. The molecule has 2 aromatic carbocycles. The van der Waals surface area contributed by atoms with Gasteiger partial charge in [0, 0.05) is 23.7 Å². The fourth-order valence-electron chi connectivity index (χ4n) is 2.69. The lowest BCUT2D eigenvalue weighted by Crippen LogP contribution is -2.45. The first-order chi connectivity index (χ1) is 11.2. The molecule has 3 nitrogen and oxygen atoms in total. The Balaban J connectivity index is 1.97. The number of carbonyl (C=O) groups is 1. The van der Waals surface area contributed by atoms with Gasteiger partial charge in [0.1, 0.15) is 0 Å². The molecule has 118 valence electrons. The van der Waals surface area contributed by atoms with E-state index in [0.717, 1.165) is 31.6 Å². The normalized spacial score (nSPS) is 13.9.